The number of allylic oxidation sites excluding steroid dienone is 6. The average molecular weight is 325 g/mol. The lowest BCUT2D eigenvalue weighted by Gasteiger charge is -2.13. The second-order valence-corrected chi connectivity index (χ2v) is 5.91. The van der Waals surface area contributed by atoms with Crippen LogP contribution in [0, 0.1) is 0 Å². The number of carbonyl (C=O) groups is 1. The van der Waals surface area contributed by atoms with Gasteiger partial charge in [0.15, 0.2) is 0 Å². The number of halogens is 1. The third-order valence-electron chi connectivity index (χ3n) is 4.16. The Morgan fingerprint density at radius 2 is 2.09 bits per heavy atom. The average Bonchev–Trinajstić information content (AvgIpc) is 2.75. The lowest BCUT2D eigenvalue weighted by atomic mass is 9.94. The van der Waals surface area contributed by atoms with Crippen LogP contribution in [0.25, 0.3) is 16.3 Å². The van der Waals surface area contributed by atoms with E-state index < -0.39 is 5.97 Å². The fourth-order valence-corrected chi connectivity index (χ4v) is 3.25. The molecule has 3 heteroatoms. The lowest BCUT2D eigenvalue weighted by Crippen LogP contribution is -1.97. The van der Waals surface area contributed by atoms with E-state index in [0.717, 1.165) is 39.8 Å². The van der Waals surface area contributed by atoms with Crippen molar-refractivity contribution in [3.63, 3.8) is 0 Å². The van der Waals surface area contributed by atoms with Crippen LogP contribution in [0.4, 0.5) is 0 Å². The molecule has 2 nitrogen and oxygen atoms in total. The predicted molar refractivity (Wildman–Crippen MR) is 95.8 cm³/mol. The molecule has 0 saturated carbocycles. The van der Waals surface area contributed by atoms with Crippen LogP contribution in [0.2, 0.25) is 0 Å². The molecule has 0 amide bonds. The van der Waals surface area contributed by atoms with Gasteiger partial charge in [0, 0.05) is 10.6 Å². The molecular formula is C20H17ClO2. The zero-order valence-corrected chi connectivity index (χ0v) is 13.6. The van der Waals surface area contributed by atoms with Crippen LogP contribution in [0.1, 0.15) is 35.7 Å². The van der Waals surface area contributed by atoms with E-state index in [1.165, 1.54) is 5.57 Å². The molecular weight excluding hydrogens is 308 g/mol. The van der Waals surface area contributed by atoms with Crippen LogP contribution in [-0.4, -0.2) is 11.1 Å². The van der Waals surface area contributed by atoms with E-state index in [4.69, 9.17) is 11.6 Å². The topological polar surface area (TPSA) is 37.3 Å². The first-order valence-electron chi connectivity index (χ1n) is 7.63. The Morgan fingerprint density at radius 3 is 2.83 bits per heavy atom. The highest BCUT2D eigenvalue weighted by molar-refractivity contribution is 6.38. The summed E-state index contributed by atoms with van der Waals surface area (Å²) >= 11 is 6.65. The van der Waals surface area contributed by atoms with Gasteiger partial charge < -0.3 is 5.11 Å². The number of benzene rings is 2. The number of aromatic carboxylic acids is 1. The molecule has 0 spiro atoms. The Balaban J connectivity index is 2.27. The van der Waals surface area contributed by atoms with Crippen LogP contribution >= 0.6 is 11.6 Å². The van der Waals surface area contributed by atoms with E-state index in [9.17, 15) is 9.90 Å². The van der Waals surface area contributed by atoms with Crippen LogP contribution in [-0.2, 0) is 0 Å². The van der Waals surface area contributed by atoms with Gasteiger partial charge in [-0.05, 0) is 46.9 Å². The van der Waals surface area contributed by atoms with Gasteiger partial charge >= 0.3 is 5.97 Å². The van der Waals surface area contributed by atoms with Crippen LogP contribution in [0.3, 0.4) is 0 Å². The van der Waals surface area contributed by atoms with Crippen molar-refractivity contribution in [3.8, 4) is 0 Å². The molecule has 0 saturated heterocycles. The molecule has 2 aromatic rings. The Bertz CT molecular complexity index is 872. The van der Waals surface area contributed by atoms with Crippen LogP contribution in [0.5, 0.6) is 0 Å². The maximum absolute atomic E-state index is 11.3. The molecule has 0 unspecified atom stereocenters. The summed E-state index contributed by atoms with van der Waals surface area (Å²) in [6, 6.07) is 11.1. The summed E-state index contributed by atoms with van der Waals surface area (Å²) in [5, 5.41) is 11.9. The minimum Gasteiger partial charge on any atom is -0.478 e. The molecule has 1 aliphatic carbocycles. The largest absolute Gasteiger partial charge is 0.478 e. The Kier molecular flexibility index (Phi) is 4.35. The van der Waals surface area contributed by atoms with Gasteiger partial charge in [-0.1, -0.05) is 61.0 Å². The number of hydrogen-bond acceptors (Lipinski definition) is 1. The summed E-state index contributed by atoms with van der Waals surface area (Å²) in [6.45, 7) is 2.10. The third kappa shape index (κ3) is 2.95. The fraction of sp³-hybridized carbons (Fsp3) is 0.150. The zero-order chi connectivity index (χ0) is 16.4. The molecule has 0 fully saturated rings. The van der Waals surface area contributed by atoms with Crippen LogP contribution in [0.15, 0.2) is 65.2 Å². The first-order chi connectivity index (χ1) is 11.1. The molecule has 0 bridgehead atoms. The summed E-state index contributed by atoms with van der Waals surface area (Å²) in [4.78, 5) is 11.3. The van der Waals surface area contributed by atoms with Gasteiger partial charge in [0.25, 0.3) is 0 Å². The Morgan fingerprint density at radius 1 is 1.26 bits per heavy atom. The van der Waals surface area contributed by atoms with Crippen LogP contribution < -0.4 is 0 Å². The minimum atomic E-state index is -0.924. The first kappa shape index (κ1) is 15.6. The SMILES string of the molecule is CCC1=C(Cl)C(c2cccc3ccc(C(=O)O)cc23)=CC=CC1. The van der Waals surface area contributed by atoms with Crippen molar-refractivity contribution in [1.82, 2.24) is 0 Å². The van der Waals surface area contributed by atoms with Crippen molar-refractivity contribution in [2.45, 2.75) is 19.8 Å². The van der Waals surface area contributed by atoms with Gasteiger partial charge in [0.05, 0.1) is 5.56 Å². The smallest absolute Gasteiger partial charge is 0.335 e. The molecule has 1 aliphatic rings. The van der Waals surface area contributed by atoms with E-state index >= 15 is 0 Å². The highest BCUT2D eigenvalue weighted by atomic mass is 35.5. The molecule has 0 aliphatic heterocycles. The quantitative estimate of drug-likeness (QED) is 0.776. The fourth-order valence-electron chi connectivity index (χ4n) is 2.88. The lowest BCUT2D eigenvalue weighted by molar-refractivity contribution is 0.0697. The van der Waals surface area contributed by atoms with E-state index in [1.807, 2.05) is 36.4 Å². The third-order valence-corrected chi connectivity index (χ3v) is 4.63. The van der Waals surface area contributed by atoms with E-state index in [1.54, 1.807) is 12.1 Å². The molecule has 3 rings (SSSR count). The van der Waals surface area contributed by atoms with Gasteiger partial charge in [0.2, 0.25) is 0 Å². The van der Waals surface area contributed by atoms with Gasteiger partial charge in [-0.15, -0.1) is 0 Å². The van der Waals surface area contributed by atoms with E-state index in [0.29, 0.717) is 0 Å². The van der Waals surface area contributed by atoms with Gasteiger partial charge in [-0.25, -0.2) is 4.79 Å². The highest BCUT2D eigenvalue weighted by Gasteiger charge is 2.15. The summed E-state index contributed by atoms with van der Waals surface area (Å²) in [5.74, 6) is -0.924. The molecule has 0 atom stereocenters. The number of carboxylic acid groups (broad SMARTS) is 1. The molecule has 23 heavy (non-hydrogen) atoms. The maximum atomic E-state index is 11.3. The molecule has 2 aromatic carbocycles. The summed E-state index contributed by atoms with van der Waals surface area (Å²) < 4.78 is 0. The second-order valence-electron chi connectivity index (χ2n) is 5.53. The number of rotatable bonds is 3. The first-order valence-corrected chi connectivity index (χ1v) is 8.00. The van der Waals surface area contributed by atoms with Crippen molar-refractivity contribution >= 4 is 33.9 Å². The molecule has 0 heterocycles. The normalized spacial score (nSPS) is 14.8. The van der Waals surface area contributed by atoms with Crippen molar-refractivity contribution in [2.75, 3.05) is 0 Å². The molecule has 1 N–H and O–H groups in total. The number of hydrogen-bond donors (Lipinski definition) is 1. The van der Waals surface area contributed by atoms with Crippen molar-refractivity contribution in [1.29, 1.82) is 0 Å². The number of carboxylic acids is 1. The predicted octanol–water partition coefficient (Wildman–Crippen LogP) is 5.78. The molecule has 0 aromatic heterocycles. The second kappa shape index (κ2) is 6.43. The number of fused-ring (bicyclic) bond motifs is 1. The summed E-state index contributed by atoms with van der Waals surface area (Å²) in [6.07, 6.45) is 7.86. The summed E-state index contributed by atoms with van der Waals surface area (Å²) in [5.41, 5.74) is 3.39. The monoisotopic (exact) mass is 324 g/mol. The van der Waals surface area contributed by atoms with E-state index in [2.05, 4.69) is 13.0 Å². The van der Waals surface area contributed by atoms with Crippen molar-refractivity contribution < 1.29 is 9.90 Å². The van der Waals surface area contributed by atoms with Crippen molar-refractivity contribution in [3.05, 3.63) is 76.4 Å². The van der Waals surface area contributed by atoms with E-state index in [-0.39, 0.29) is 5.56 Å². The summed E-state index contributed by atoms with van der Waals surface area (Å²) in [7, 11) is 0. The maximum Gasteiger partial charge on any atom is 0.335 e. The van der Waals surface area contributed by atoms with Gasteiger partial charge in [0.1, 0.15) is 0 Å². The Labute approximate surface area is 140 Å². The molecule has 0 radical (unpaired) electrons. The van der Waals surface area contributed by atoms with Gasteiger partial charge in [-0.2, -0.15) is 0 Å². The Hall–Kier alpha value is -2.32. The highest BCUT2D eigenvalue weighted by Crippen LogP contribution is 2.36. The standard InChI is InChI=1S/C20H17ClO2/c1-2-13-6-3-4-8-17(19(13)21)16-9-5-7-14-10-11-15(20(22)23)12-18(14)16/h3-5,7-12H,2,6H2,1H3,(H,22,23). The molecule has 116 valence electrons. The van der Waals surface area contributed by atoms with Crippen molar-refractivity contribution in [2.24, 2.45) is 0 Å². The van der Waals surface area contributed by atoms with Gasteiger partial charge in [-0.3, -0.25) is 0 Å². The zero-order valence-electron chi connectivity index (χ0n) is 12.8. The minimum absolute atomic E-state index is 0.283.